The molecule has 2 atom stereocenters. The van der Waals surface area contributed by atoms with Gasteiger partial charge in [-0.15, -0.1) is 6.58 Å². The molecule has 0 bridgehead atoms. The Labute approximate surface area is 108 Å². The maximum absolute atomic E-state index is 3.75. The lowest BCUT2D eigenvalue weighted by molar-refractivity contribution is 0.789. The fourth-order valence-corrected chi connectivity index (χ4v) is 1.73. The van der Waals surface area contributed by atoms with E-state index in [2.05, 4.69) is 65.5 Å². The summed E-state index contributed by atoms with van der Waals surface area (Å²) in [4.78, 5) is 0. The topological polar surface area (TPSA) is 0 Å². The second-order valence-corrected chi connectivity index (χ2v) is 4.83. The zero-order valence-corrected chi connectivity index (χ0v) is 12.2. The van der Waals surface area contributed by atoms with Crippen molar-refractivity contribution in [1.82, 2.24) is 0 Å². The van der Waals surface area contributed by atoms with Crippen LogP contribution in [0.25, 0.3) is 0 Å². The molecule has 0 aliphatic heterocycles. The first kappa shape index (κ1) is 16.0. The molecule has 0 aromatic rings. The highest BCUT2D eigenvalue weighted by molar-refractivity contribution is 5.17. The van der Waals surface area contributed by atoms with Crippen molar-refractivity contribution in [3.63, 3.8) is 0 Å². The summed E-state index contributed by atoms with van der Waals surface area (Å²) in [6.45, 7) is 14.8. The monoisotopic (exact) mass is 232 g/mol. The summed E-state index contributed by atoms with van der Waals surface area (Å²) in [6, 6.07) is 0. The molecule has 0 aromatic heterocycles. The maximum atomic E-state index is 3.75. The Kier molecular flexibility index (Phi) is 8.49. The second-order valence-electron chi connectivity index (χ2n) is 4.83. The van der Waals surface area contributed by atoms with E-state index in [0.717, 1.165) is 12.8 Å². The van der Waals surface area contributed by atoms with Gasteiger partial charge in [0.1, 0.15) is 0 Å². The first-order valence-electron chi connectivity index (χ1n) is 6.61. The Hall–Kier alpha value is -1.04. The third-order valence-electron chi connectivity index (χ3n) is 3.27. The summed E-state index contributed by atoms with van der Waals surface area (Å²) in [5.41, 5.74) is 2.91. The Morgan fingerprint density at radius 2 is 1.71 bits per heavy atom. The number of allylic oxidation sites excluding steroid dienone is 7. The first-order valence-corrected chi connectivity index (χ1v) is 6.61. The molecule has 0 N–H and O–H groups in total. The summed E-state index contributed by atoms with van der Waals surface area (Å²) in [5, 5.41) is 0. The Bertz CT molecular complexity index is 302. The highest BCUT2D eigenvalue weighted by atomic mass is 14.1. The lowest BCUT2D eigenvalue weighted by atomic mass is 9.94. The molecule has 0 aliphatic rings. The van der Waals surface area contributed by atoms with Crippen molar-refractivity contribution in [3.8, 4) is 0 Å². The molecule has 96 valence electrons. The van der Waals surface area contributed by atoms with Crippen LogP contribution < -0.4 is 0 Å². The SMILES string of the molecule is C=CCC/C=C(\C)C(C)C=C(C)C(C)C=CC. The summed E-state index contributed by atoms with van der Waals surface area (Å²) < 4.78 is 0. The van der Waals surface area contributed by atoms with Crippen molar-refractivity contribution in [1.29, 1.82) is 0 Å². The van der Waals surface area contributed by atoms with Crippen molar-refractivity contribution in [2.45, 2.75) is 47.5 Å². The summed E-state index contributed by atoms with van der Waals surface area (Å²) in [6.07, 6.45) is 13.2. The lowest BCUT2D eigenvalue weighted by Crippen LogP contribution is -1.98. The van der Waals surface area contributed by atoms with Crippen LogP contribution >= 0.6 is 0 Å². The van der Waals surface area contributed by atoms with Gasteiger partial charge in [-0.05, 0) is 45.4 Å². The molecule has 0 nitrogen and oxygen atoms in total. The van der Waals surface area contributed by atoms with Gasteiger partial charge in [-0.3, -0.25) is 0 Å². The molecule has 0 saturated carbocycles. The Morgan fingerprint density at radius 3 is 2.24 bits per heavy atom. The molecule has 17 heavy (non-hydrogen) atoms. The number of rotatable bonds is 7. The number of unbranched alkanes of at least 4 members (excludes halogenated alkanes) is 1. The van der Waals surface area contributed by atoms with Gasteiger partial charge >= 0.3 is 0 Å². The van der Waals surface area contributed by atoms with Gasteiger partial charge in [0.05, 0.1) is 0 Å². The molecule has 0 radical (unpaired) electrons. The summed E-state index contributed by atoms with van der Waals surface area (Å²) in [5.74, 6) is 1.08. The smallest absolute Gasteiger partial charge is 0.00516 e. The fraction of sp³-hybridized carbons (Fsp3) is 0.529. The lowest BCUT2D eigenvalue weighted by Gasteiger charge is -2.12. The third-order valence-corrected chi connectivity index (χ3v) is 3.27. The minimum atomic E-state index is 0.535. The maximum Gasteiger partial charge on any atom is -0.00516 e. The minimum absolute atomic E-state index is 0.535. The van der Waals surface area contributed by atoms with Crippen molar-refractivity contribution in [2.75, 3.05) is 0 Å². The highest BCUT2D eigenvalue weighted by Gasteiger charge is 2.04. The van der Waals surface area contributed by atoms with E-state index in [-0.39, 0.29) is 0 Å². The van der Waals surface area contributed by atoms with Crippen molar-refractivity contribution >= 4 is 0 Å². The highest BCUT2D eigenvalue weighted by Crippen LogP contribution is 2.19. The molecule has 0 heteroatoms. The van der Waals surface area contributed by atoms with Gasteiger partial charge in [0.2, 0.25) is 0 Å². The van der Waals surface area contributed by atoms with Crippen LogP contribution in [0.3, 0.4) is 0 Å². The number of hydrogen-bond acceptors (Lipinski definition) is 0. The third kappa shape index (κ3) is 6.99. The van der Waals surface area contributed by atoms with Gasteiger partial charge in [-0.2, -0.15) is 0 Å². The van der Waals surface area contributed by atoms with Gasteiger partial charge in [0.25, 0.3) is 0 Å². The molecule has 0 aromatic carbocycles. The predicted octanol–water partition coefficient (Wildman–Crippen LogP) is 5.69. The van der Waals surface area contributed by atoms with Crippen LogP contribution in [-0.2, 0) is 0 Å². The minimum Gasteiger partial charge on any atom is -0.103 e. The van der Waals surface area contributed by atoms with E-state index in [9.17, 15) is 0 Å². The molecule has 0 amide bonds. The van der Waals surface area contributed by atoms with E-state index in [1.807, 2.05) is 6.08 Å². The molecule has 0 rings (SSSR count). The zero-order valence-electron chi connectivity index (χ0n) is 12.2. The largest absolute Gasteiger partial charge is 0.103 e. The fourth-order valence-electron chi connectivity index (χ4n) is 1.73. The van der Waals surface area contributed by atoms with Gasteiger partial charge in [-0.25, -0.2) is 0 Å². The molecule has 2 unspecified atom stereocenters. The number of hydrogen-bond donors (Lipinski definition) is 0. The van der Waals surface area contributed by atoms with Gasteiger partial charge in [-0.1, -0.05) is 55.4 Å². The molecular formula is C17H28. The first-order chi connectivity index (χ1) is 8.02. The average Bonchev–Trinajstić information content (AvgIpc) is 2.29. The van der Waals surface area contributed by atoms with E-state index >= 15 is 0 Å². The quantitative estimate of drug-likeness (QED) is 0.390. The predicted molar refractivity (Wildman–Crippen MR) is 80.1 cm³/mol. The van der Waals surface area contributed by atoms with E-state index in [4.69, 9.17) is 0 Å². The van der Waals surface area contributed by atoms with Crippen molar-refractivity contribution < 1.29 is 0 Å². The Balaban J connectivity index is 4.49. The Morgan fingerprint density at radius 1 is 1.06 bits per heavy atom. The van der Waals surface area contributed by atoms with Gasteiger partial charge < -0.3 is 0 Å². The van der Waals surface area contributed by atoms with Crippen molar-refractivity contribution in [3.05, 3.63) is 48.1 Å². The van der Waals surface area contributed by atoms with Crippen LogP contribution in [0, 0.1) is 11.8 Å². The normalized spacial score (nSPS) is 17.2. The van der Waals surface area contributed by atoms with E-state index in [0.29, 0.717) is 11.8 Å². The van der Waals surface area contributed by atoms with Crippen LogP contribution in [0.5, 0.6) is 0 Å². The summed E-state index contributed by atoms with van der Waals surface area (Å²) >= 11 is 0. The molecule has 0 fully saturated rings. The zero-order chi connectivity index (χ0) is 13.3. The van der Waals surface area contributed by atoms with Crippen LogP contribution in [0.4, 0.5) is 0 Å². The van der Waals surface area contributed by atoms with Crippen LogP contribution in [0.2, 0.25) is 0 Å². The molecule has 0 heterocycles. The van der Waals surface area contributed by atoms with E-state index < -0.39 is 0 Å². The van der Waals surface area contributed by atoms with Crippen molar-refractivity contribution in [2.24, 2.45) is 11.8 Å². The van der Waals surface area contributed by atoms with Crippen LogP contribution in [-0.4, -0.2) is 0 Å². The van der Waals surface area contributed by atoms with Crippen LogP contribution in [0.1, 0.15) is 47.5 Å². The average molecular weight is 232 g/mol. The molecule has 0 aliphatic carbocycles. The summed E-state index contributed by atoms with van der Waals surface area (Å²) in [7, 11) is 0. The van der Waals surface area contributed by atoms with E-state index in [1.54, 1.807) is 0 Å². The molecular weight excluding hydrogens is 204 g/mol. The molecule has 0 saturated heterocycles. The van der Waals surface area contributed by atoms with Gasteiger partial charge in [0.15, 0.2) is 0 Å². The standard InChI is InChI=1S/C17H28/c1-7-9-10-12-15(4)17(6)13-16(5)14(3)11-8-2/h7-8,11-14,17H,1,9-10H2,2-6H3/b11-8?,15-12+,16-13?. The van der Waals surface area contributed by atoms with E-state index in [1.165, 1.54) is 11.1 Å². The molecule has 0 spiro atoms. The second kappa shape index (κ2) is 9.04. The van der Waals surface area contributed by atoms with Crippen LogP contribution in [0.15, 0.2) is 48.1 Å². The van der Waals surface area contributed by atoms with Gasteiger partial charge in [0, 0.05) is 0 Å².